The predicted octanol–water partition coefficient (Wildman–Crippen LogP) is 2.42. The molecule has 8 nitrogen and oxygen atoms in total. The third kappa shape index (κ3) is 4.54. The second kappa shape index (κ2) is 9.09. The maximum Gasteiger partial charge on any atom is 0.272 e. The molecule has 0 fully saturated rings. The van der Waals surface area contributed by atoms with E-state index in [4.69, 9.17) is 0 Å². The molecule has 0 saturated carbocycles. The number of rotatable bonds is 6. The molecule has 176 valence electrons. The summed E-state index contributed by atoms with van der Waals surface area (Å²) in [7, 11) is 1.55. The van der Waals surface area contributed by atoms with Gasteiger partial charge in [-0.1, -0.05) is 42.0 Å². The molecule has 0 spiro atoms. The van der Waals surface area contributed by atoms with Gasteiger partial charge in [-0.25, -0.2) is 4.39 Å². The summed E-state index contributed by atoms with van der Waals surface area (Å²) in [6, 6.07) is 15.0. The fourth-order valence-electron chi connectivity index (χ4n) is 3.91. The lowest BCUT2D eigenvalue weighted by Gasteiger charge is -2.40. The largest absolute Gasteiger partial charge is 0.350 e. The lowest BCUT2D eigenvalue weighted by molar-refractivity contribution is -0.132. The highest BCUT2D eigenvalue weighted by Gasteiger charge is 2.46. The van der Waals surface area contributed by atoms with E-state index in [9.17, 15) is 18.8 Å². The van der Waals surface area contributed by atoms with Gasteiger partial charge in [-0.2, -0.15) is 5.10 Å². The van der Waals surface area contributed by atoms with E-state index in [0.717, 1.165) is 16.7 Å². The van der Waals surface area contributed by atoms with Gasteiger partial charge in [0.05, 0.1) is 6.54 Å². The normalized spacial score (nSPS) is 17.3. The van der Waals surface area contributed by atoms with Gasteiger partial charge in [0.15, 0.2) is 5.69 Å². The van der Waals surface area contributed by atoms with Crippen molar-refractivity contribution in [3.05, 3.63) is 88.5 Å². The van der Waals surface area contributed by atoms with Crippen molar-refractivity contribution in [3.8, 4) is 0 Å². The van der Waals surface area contributed by atoms with E-state index < -0.39 is 17.4 Å². The van der Waals surface area contributed by atoms with E-state index in [1.54, 1.807) is 26.1 Å². The van der Waals surface area contributed by atoms with Crippen LogP contribution in [0.1, 0.15) is 44.6 Å². The molecule has 9 heteroatoms. The number of hydrogen-bond donors (Lipinski definition) is 2. The second-order valence-electron chi connectivity index (χ2n) is 8.69. The topological polar surface area (TPSA) is 96.3 Å². The summed E-state index contributed by atoms with van der Waals surface area (Å²) in [6.07, 6.45) is 0. The SMILES string of the molecule is Cc1cccc(CNC(=O)c2cc3n(n2)C[C@@](C)(C(=O)NCc2ccc(F)cc2)N(C)C3=O)c1. The molecule has 4 rings (SSSR count). The molecule has 2 aromatic carbocycles. The van der Waals surface area contributed by atoms with Crippen molar-refractivity contribution in [2.45, 2.75) is 39.0 Å². The summed E-state index contributed by atoms with van der Waals surface area (Å²) in [5.74, 6) is -1.54. The Labute approximate surface area is 196 Å². The van der Waals surface area contributed by atoms with Gasteiger partial charge in [-0.05, 0) is 37.1 Å². The number of fused-ring (bicyclic) bond motifs is 1. The maximum absolute atomic E-state index is 13.1. The average molecular weight is 464 g/mol. The van der Waals surface area contributed by atoms with Crippen LogP contribution < -0.4 is 10.6 Å². The number of amides is 3. The van der Waals surface area contributed by atoms with Crippen molar-refractivity contribution in [3.63, 3.8) is 0 Å². The van der Waals surface area contributed by atoms with E-state index in [1.165, 1.54) is 27.8 Å². The minimum Gasteiger partial charge on any atom is -0.350 e. The minimum atomic E-state index is -1.22. The molecule has 0 bridgehead atoms. The van der Waals surface area contributed by atoms with Crippen LogP contribution in [0.15, 0.2) is 54.6 Å². The number of likely N-dealkylation sites (N-methyl/N-ethyl adjacent to an activating group) is 1. The zero-order valence-corrected chi connectivity index (χ0v) is 19.3. The van der Waals surface area contributed by atoms with Gasteiger partial charge in [0.1, 0.15) is 17.1 Å². The van der Waals surface area contributed by atoms with Crippen LogP contribution in [0.3, 0.4) is 0 Å². The molecule has 1 atom stereocenters. The third-order valence-electron chi connectivity index (χ3n) is 6.13. The molecule has 34 heavy (non-hydrogen) atoms. The number of nitrogens with one attached hydrogen (secondary N) is 2. The molecule has 0 saturated heterocycles. The van der Waals surface area contributed by atoms with Gasteiger partial charge in [-0.15, -0.1) is 0 Å². The molecule has 0 radical (unpaired) electrons. The summed E-state index contributed by atoms with van der Waals surface area (Å²) in [4.78, 5) is 40.1. The minimum absolute atomic E-state index is 0.0883. The standard InChI is InChI=1S/C25H26FN5O3/c1-16-5-4-6-18(11-16)14-27-22(32)20-12-21-23(33)30(3)25(2,15-31(21)29-20)24(34)28-13-17-7-9-19(26)10-8-17/h4-12H,13-15H2,1-3H3,(H,27,32)(H,28,34)/t25-/m0/s1. The first-order valence-electron chi connectivity index (χ1n) is 10.9. The average Bonchev–Trinajstić information content (AvgIpc) is 3.24. The quantitative estimate of drug-likeness (QED) is 0.587. The Morgan fingerprint density at radius 1 is 1.06 bits per heavy atom. The highest BCUT2D eigenvalue weighted by Crippen LogP contribution is 2.26. The molecule has 0 aliphatic carbocycles. The number of aryl methyl sites for hydroxylation is 1. The number of benzene rings is 2. The first-order valence-corrected chi connectivity index (χ1v) is 10.9. The summed E-state index contributed by atoms with van der Waals surface area (Å²) < 4.78 is 14.5. The molecule has 2 heterocycles. The van der Waals surface area contributed by atoms with E-state index in [0.29, 0.717) is 6.54 Å². The van der Waals surface area contributed by atoms with Crippen LogP contribution in [0.5, 0.6) is 0 Å². The molecule has 1 aliphatic heterocycles. The Morgan fingerprint density at radius 3 is 2.47 bits per heavy atom. The summed E-state index contributed by atoms with van der Waals surface area (Å²) >= 11 is 0. The van der Waals surface area contributed by atoms with Gasteiger partial charge in [-0.3, -0.25) is 19.1 Å². The smallest absolute Gasteiger partial charge is 0.272 e. The van der Waals surface area contributed by atoms with Gasteiger partial charge in [0.25, 0.3) is 11.8 Å². The highest BCUT2D eigenvalue weighted by atomic mass is 19.1. The van der Waals surface area contributed by atoms with Crippen molar-refractivity contribution in [2.24, 2.45) is 0 Å². The number of carbonyl (C=O) groups excluding carboxylic acids is 3. The van der Waals surface area contributed by atoms with Gasteiger partial charge in [0, 0.05) is 26.2 Å². The Bertz CT molecular complexity index is 1250. The zero-order valence-electron chi connectivity index (χ0n) is 19.3. The number of hydrogen-bond acceptors (Lipinski definition) is 4. The van der Waals surface area contributed by atoms with E-state index >= 15 is 0 Å². The molecule has 3 amide bonds. The van der Waals surface area contributed by atoms with Gasteiger partial charge >= 0.3 is 0 Å². The van der Waals surface area contributed by atoms with Crippen molar-refractivity contribution in [1.29, 1.82) is 0 Å². The Hall–Kier alpha value is -4.01. The third-order valence-corrected chi connectivity index (χ3v) is 6.13. The van der Waals surface area contributed by atoms with Gasteiger partial charge in [0.2, 0.25) is 5.91 Å². The second-order valence-corrected chi connectivity index (χ2v) is 8.69. The van der Waals surface area contributed by atoms with Gasteiger partial charge < -0.3 is 15.5 Å². The van der Waals surface area contributed by atoms with Crippen molar-refractivity contribution < 1.29 is 18.8 Å². The first kappa shape index (κ1) is 23.2. The van der Waals surface area contributed by atoms with Crippen LogP contribution >= 0.6 is 0 Å². The van der Waals surface area contributed by atoms with Crippen LogP contribution in [0.4, 0.5) is 4.39 Å². The Kier molecular flexibility index (Phi) is 6.19. The Morgan fingerprint density at radius 2 is 1.76 bits per heavy atom. The summed E-state index contributed by atoms with van der Waals surface area (Å²) in [5.41, 5.74) is 1.92. The lowest BCUT2D eigenvalue weighted by atomic mass is 9.96. The van der Waals surface area contributed by atoms with E-state index in [-0.39, 0.29) is 36.2 Å². The van der Waals surface area contributed by atoms with Crippen LogP contribution in [0, 0.1) is 12.7 Å². The number of halogens is 1. The van der Waals surface area contributed by atoms with Crippen molar-refractivity contribution >= 4 is 17.7 Å². The molecule has 1 aliphatic rings. The highest BCUT2D eigenvalue weighted by molar-refractivity contribution is 6.01. The fraction of sp³-hybridized carbons (Fsp3) is 0.280. The lowest BCUT2D eigenvalue weighted by Crippen LogP contribution is -2.62. The summed E-state index contributed by atoms with van der Waals surface area (Å²) in [5, 5.41) is 9.93. The van der Waals surface area contributed by atoms with E-state index in [2.05, 4.69) is 15.7 Å². The first-order chi connectivity index (χ1) is 16.2. The molecule has 0 unspecified atom stereocenters. The fourth-order valence-corrected chi connectivity index (χ4v) is 3.91. The monoisotopic (exact) mass is 463 g/mol. The van der Waals surface area contributed by atoms with Crippen molar-refractivity contribution in [2.75, 3.05) is 7.05 Å². The zero-order chi connectivity index (χ0) is 24.5. The maximum atomic E-state index is 13.1. The van der Waals surface area contributed by atoms with Crippen molar-refractivity contribution in [1.82, 2.24) is 25.3 Å². The summed E-state index contributed by atoms with van der Waals surface area (Å²) in [6.45, 7) is 4.23. The number of nitrogens with zero attached hydrogens (tertiary/aromatic N) is 3. The van der Waals surface area contributed by atoms with E-state index in [1.807, 2.05) is 31.2 Å². The van der Waals surface area contributed by atoms with Crippen LogP contribution in [-0.4, -0.2) is 45.0 Å². The van der Waals surface area contributed by atoms with Crippen LogP contribution in [0.25, 0.3) is 0 Å². The molecular formula is C25H26FN5O3. The van der Waals surface area contributed by atoms with Crippen LogP contribution in [-0.2, 0) is 24.4 Å². The number of carbonyl (C=O) groups is 3. The number of aromatic nitrogens is 2. The molecule has 3 aromatic rings. The van der Waals surface area contributed by atoms with Crippen LogP contribution in [0.2, 0.25) is 0 Å². The molecule has 1 aromatic heterocycles. The molecule has 2 N–H and O–H groups in total. The molecular weight excluding hydrogens is 437 g/mol. The Balaban J connectivity index is 1.46. The predicted molar refractivity (Wildman–Crippen MR) is 123 cm³/mol.